The number of hydrogen-bond acceptors (Lipinski definition) is 3. The summed E-state index contributed by atoms with van der Waals surface area (Å²) >= 11 is 6.97. The number of Topliss-reactive ketones (excluding diaryl/α,β-unsaturated/α-hetero) is 2. The zero-order valence-electron chi connectivity index (χ0n) is 13.7. The molecule has 0 aliphatic heterocycles. The van der Waals surface area contributed by atoms with Gasteiger partial charge in [-0.3, -0.25) is 9.59 Å². The van der Waals surface area contributed by atoms with Gasteiger partial charge in [0.1, 0.15) is 5.75 Å². The summed E-state index contributed by atoms with van der Waals surface area (Å²) in [6, 6.07) is 0. The van der Waals surface area contributed by atoms with Gasteiger partial charge in [0.25, 0.3) is 0 Å². The van der Waals surface area contributed by atoms with Crippen LogP contribution in [0.25, 0.3) is 0 Å². The van der Waals surface area contributed by atoms with Gasteiger partial charge in [-0.15, -0.1) is 0 Å². The van der Waals surface area contributed by atoms with Crippen LogP contribution in [-0.2, 0) is 4.79 Å². The van der Waals surface area contributed by atoms with Crippen LogP contribution in [0.3, 0.4) is 0 Å². The zero-order chi connectivity index (χ0) is 17.3. The third-order valence-electron chi connectivity index (χ3n) is 5.84. The molecule has 1 fully saturated rings. The lowest BCUT2D eigenvalue weighted by atomic mass is 9.62. The van der Waals surface area contributed by atoms with Crippen LogP contribution in [0.1, 0.15) is 61.0 Å². The second kappa shape index (κ2) is 5.41. The predicted octanol–water partition coefficient (Wildman–Crippen LogP) is 5.15. The number of fused-ring (bicyclic) bond motifs is 3. The largest absolute Gasteiger partial charge is 0.506 e. The number of aromatic hydroxyl groups is 1. The van der Waals surface area contributed by atoms with Gasteiger partial charge in [0.15, 0.2) is 0 Å². The first-order valence-electron chi connectivity index (χ1n) is 7.92. The molecule has 124 valence electrons. The maximum Gasteiger partial charge on any atom is 0.233 e. The number of phenols is 1. The first-order valence-corrected chi connectivity index (χ1v) is 9.51. The van der Waals surface area contributed by atoms with Crippen molar-refractivity contribution in [2.24, 2.45) is 17.3 Å². The third-order valence-corrected chi connectivity index (χ3v) is 7.83. The lowest BCUT2D eigenvalue weighted by Crippen LogP contribution is -2.43. The van der Waals surface area contributed by atoms with Crippen molar-refractivity contribution >= 4 is 43.4 Å². The average molecular weight is 444 g/mol. The molecule has 1 aromatic rings. The van der Waals surface area contributed by atoms with Crippen LogP contribution in [0.2, 0.25) is 0 Å². The second-order valence-electron chi connectivity index (χ2n) is 7.39. The van der Waals surface area contributed by atoms with Gasteiger partial charge < -0.3 is 5.11 Å². The Hall–Kier alpha value is -0.680. The van der Waals surface area contributed by atoms with Crippen molar-refractivity contribution in [3.8, 4) is 5.75 Å². The minimum Gasteiger partial charge on any atom is -0.506 e. The number of carbonyl (C=O) groups excluding carboxylic acids is 2. The van der Waals surface area contributed by atoms with Crippen LogP contribution >= 0.6 is 31.9 Å². The molecule has 0 spiro atoms. The van der Waals surface area contributed by atoms with E-state index in [1.807, 2.05) is 13.8 Å². The second-order valence-corrected chi connectivity index (χ2v) is 8.98. The van der Waals surface area contributed by atoms with Gasteiger partial charge >= 0.3 is 0 Å². The molecule has 0 amide bonds. The number of benzene rings is 1. The number of hydrogen-bond donors (Lipinski definition) is 1. The topological polar surface area (TPSA) is 54.4 Å². The molecule has 0 radical (unpaired) electrons. The summed E-state index contributed by atoms with van der Waals surface area (Å²) in [5.74, 6) is -0.302. The molecular formula is C18H20Br2O3. The zero-order valence-corrected chi connectivity index (χ0v) is 16.8. The van der Waals surface area contributed by atoms with Gasteiger partial charge in [0.2, 0.25) is 11.6 Å². The van der Waals surface area contributed by atoms with Crippen LogP contribution < -0.4 is 0 Å². The Morgan fingerprint density at radius 1 is 1.22 bits per heavy atom. The molecule has 5 heteroatoms. The lowest BCUT2D eigenvalue weighted by molar-refractivity contribution is -0.124. The summed E-state index contributed by atoms with van der Waals surface area (Å²) in [6.07, 6.45) is 1.66. The van der Waals surface area contributed by atoms with E-state index in [0.29, 0.717) is 16.3 Å². The van der Waals surface area contributed by atoms with Gasteiger partial charge in [-0.05, 0) is 58.7 Å². The van der Waals surface area contributed by atoms with Crippen LogP contribution in [0, 0.1) is 24.2 Å². The van der Waals surface area contributed by atoms with Crippen molar-refractivity contribution in [3.63, 3.8) is 0 Å². The van der Waals surface area contributed by atoms with E-state index in [9.17, 15) is 14.7 Å². The summed E-state index contributed by atoms with van der Waals surface area (Å²) in [7, 11) is 0. The fourth-order valence-corrected chi connectivity index (χ4v) is 5.79. The monoisotopic (exact) mass is 442 g/mol. The number of halogens is 2. The molecule has 3 atom stereocenters. The molecule has 23 heavy (non-hydrogen) atoms. The van der Waals surface area contributed by atoms with E-state index in [2.05, 4.69) is 45.7 Å². The molecule has 0 bridgehead atoms. The normalized spacial score (nSPS) is 29.9. The maximum absolute atomic E-state index is 12.8. The fourth-order valence-electron chi connectivity index (χ4n) is 4.48. The Balaban J connectivity index is 2.40. The molecule has 3 rings (SSSR count). The fraction of sp³-hybridized carbons (Fsp3) is 0.556. The maximum atomic E-state index is 12.8. The molecule has 0 unspecified atom stereocenters. The van der Waals surface area contributed by atoms with Gasteiger partial charge in [0, 0.05) is 15.8 Å². The summed E-state index contributed by atoms with van der Waals surface area (Å²) in [6.45, 7) is 8.14. The molecule has 0 saturated heterocycles. The molecule has 1 saturated carbocycles. The standard InChI is InChI=1S/C18H20Br2O3/c1-7(2)9-5-6-18(4)12(9)10-11(16(22)17(18)23)15(21)14(20)8(3)13(10)19/h7,9,12,21H,5-6H2,1-4H3/t9-,12-,18-/m1/s1. The Labute approximate surface area is 153 Å². The van der Waals surface area contributed by atoms with Crippen molar-refractivity contribution < 1.29 is 14.7 Å². The summed E-state index contributed by atoms with van der Waals surface area (Å²) in [5, 5.41) is 10.5. The molecule has 1 N–H and O–H groups in total. The van der Waals surface area contributed by atoms with Crippen molar-refractivity contribution in [2.75, 3.05) is 0 Å². The van der Waals surface area contributed by atoms with Crippen LogP contribution in [0.5, 0.6) is 5.75 Å². The summed E-state index contributed by atoms with van der Waals surface area (Å²) in [5.41, 5.74) is 1.22. The Morgan fingerprint density at radius 2 is 1.83 bits per heavy atom. The van der Waals surface area contributed by atoms with Gasteiger partial charge in [-0.2, -0.15) is 0 Å². The minimum absolute atomic E-state index is 0.0326. The quantitative estimate of drug-likeness (QED) is 0.610. The van der Waals surface area contributed by atoms with Crippen LogP contribution in [0.4, 0.5) is 0 Å². The molecular weight excluding hydrogens is 424 g/mol. The molecule has 0 aromatic heterocycles. The number of rotatable bonds is 1. The highest BCUT2D eigenvalue weighted by atomic mass is 79.9. The Kier molecular flexibility index (Phi) is 4.04. The predicted molar refractivity (Wildman–Crippen MR) is 96.0 cm³/mol. The minimum atomic E-state index is -0.658. The highest BCUT2D eigenvalue weighted by molar-refractivity contribution is 9.11. The van der Waals surface area contributed by atoms with E-state index in [1.54, 1.807) is 0 Å². The number of phenolic OH excluding ortho intramolecular Hbond substituents is 1. The summed E-state index contributed by atoms with van der Waals surface area (Å²) < 4.78 is 1.31. The van der Waals surface area contributed by atoms with E-state index in [-0.39, 0.29) is 23.0 Å². The molecule has 2 aliphatic rings. The van der Waals surface area contributed by atoms with E-state index in [1.165, 1.54) is 0 Å². The van der Waals surface area contributed by atoms with Crippen LogP contribution in [0.15, 0.2) is 8.95 Å². The highest BCUT2D eigenvalue weighted by Gasteiger charge is 2.58. The van der Waals surface area contributed by atoms with Crippen LogP contribution in [-0.4, -0.2) is 16.7 Å². The average Bonchev–Trinajstić information content (AvgIpc) is 2.85. The molecule has 1 aromatic carbocycles. The lowest BCUT2D eigenvalue weighted by Gasteiger charge is -2.40. The van der Waals surface area contributed by atoms with E-state index < -0.39 is 11.2 Å². The Morgan fingerprint density at radius 3 is 2.39 bits per heavy atom. The molecule has 2 aliphatic carbocycles. The summed E-state index contributed by atoms with van der Waals surface area (Å²) in [4.78, 5) is 25.6. The van der Waals surface area contributed by atoms with Gasteiger partial charge in [-0.25, -0.2) is 0 Å². The first-order chi connectivity index (χ1) is 10.6. The van der Waals surface area contributed by atoms with Crippen molar-refractivity contribution in [1.82, 2.24) is 0 Å². The SMILES string of the molecule is Cc1c(Br)c(O)c2c(c1Br)[C@H]1[C@@H](C(C)C)CC[C@@]1(C)C(=O)C2=O. The van der Waals surface area contributed by atoms with E-state index in [4.69, 9.17) is 0 Å². The first kappa shape index (κ1) is 17.2. The van der Waals surface area contributed by atoms with Gasteiger partial charge in [-0.1, -0.05) is 36.7 Å². The van der Waals surface area contributed by atoms with Crippen molar-refractivity contribution in [3.05, 3.63) is 25.6 Å². The number of ketones is 2. The van der Waals surface area contributed by atoms with E-state index >= 15 is 0 Å². The smallest absolute Gasteiger partial charge is 0.233 e. The number of carbonyl (C=O) groups is 2. The third kappa shape index (κ3) is 2.12. The Bertz CT molecular complexity index is 739. The van der Waals surface area contributed by atoms with Crippen molar-refractivity contribution in [2.45, 2.75) is 46.5 Å². The van der Waals surface area contributed by atoms with Gasteiger partial charge in [0.05, 0.1) is 10.0 Å². The van der Waals surface area contributed by atoms with E-state index in [0.717, 1.165) is 28.4 Å². The molecule has 0 heterocycles. The molecule has 3 nitrogen and oxygen atoms in total. The van der Waals surface area contributed by atoms with Crippen molar-refractivity contribution in [1.29, 1.82) is 0 Å². The highest BCUT2D eigenvalue weighted by Crippen LogP contribution is 2.61.